The van der Waals surface area contributed by atoms with E-state index >= 15 is 0 Å². The summed E-state index contributed by atoms with van der Waals surface area (Å²) in [5.74, 6) is 0.455. The third-order valence-electron chi connectivity index (χ3n) is 3.23. The summed E-state index contributed by atoms with van der Waals surface area (Å²) < 4.78 is 11.2. The Morgan fingerprint density at radius 2 is 2.00 bits per heavy atom. The van der Waals surface area contributed by atoms with Gasteiger partial charge in [-0.3, -0.25) is 0 Å². The van der Waals surface area contributed by atoms with Gasteiger partial charge < -0.3 is 14.3 Å². The molecule has 0 unspecified atom stereocenters. The van der Waals surface area contributed by atoms with Gasteiger partial charge in [0.05, 0.1) is 12.2 Å². The smallest absolute Gasteiger partial charge is 0.335 e. The molecule has 0 amide bonds. The molecule has 0 aliphatic carbocycles. The number of para-hydroxylation sites is 1. The molecule has 3 rings (SSSR count). The maximum atomic E-state index is 10.9. The van der Waals surface area contributed by atoms with E-state index in [9.17, 15) is 4.79 Å². The van der Waals surface area contributed by atoms with Gasteiger partial charge in [-0.2, -0.15) is 0 Å². The molecule has 0 aliphatic heterocycles. The van der Waals surface area contributed by atoms with Crippen LogP contribution in [0.25, 0.3) is 11.1 Å². The van der Waals surface area contributed by atoms with Gasteiger partial charge in [0, 0.05) is 6.42 Å². The molecule has 1 heterocycles. The fraction of sp³-hybridized carbons (Fsp3) is 0.176. The molecule has 3 aromatic rings. The van der Waals surface area contributed by atoms with Gasteiger partial charge in [-0.05, 0) is 36.8 Å². The number of carbonyl (C=O) groups is 1. The Balaban J connectivity index is 1.58. The van der Waals surface area contributed by atoms with E-state index in [1.54, 1.807) is 6.07 Å². The molecule has 5 nitrogen and oxygen atoms in total. The Hall–Kier alpha value is -2.82. The molecular weight excluding hydrogens is 282 g/mol. The van der Waals surface area contributed by atoms with Gasteiger partial charge in [-0.1, -0.05) is 18.2 Å². The molecule has 0 bridgehead atoms. The Labute approximate surface area is 127 Å². The Kier molecular flexibility index (Phi) is 4.05. The van der Waals surface area contributed by atoms with Crippen molar-refractivity contribution in [2.75, 3.05) is 6.61 Å². The predicted molar refractivity (Wildman–Crippen MR) is 81.2 cm³/mol. The van der Waals surface area contributed by atoms with Gasteiger partial charge in [-0.25, -0.2) is 9.78 Å². The van der Waals surface area contributed by atoms with Crippen LogP contribution in [-0.4, -0.2) is 22.7 Å². The van der Waals surface area contributed by atoms with Crippen molar-refractivity contribution in [2.24, 2.45) is 0 Å². The minimum Gasteiger partial charge on any atom is -0.494 e. The molecular formula is C17H15NO4. The standard InChI is InChI=1S/C17H15NO4/c19-17(20)12-8-9-14-15(11-12)22-16(18-14)7-4-10-21-13-5-2-1-3-6-13/h1-3,5-6,8-9,11H,4,7,10H2,(H,19,20). The number of hydrogen-bond donors (Lipinski definition) is 1. The summed E-state index contributed by atoms with van der Waals surface area (Å²) in [6.45, 7) is 0.573. The predicted octanol–water partition coefficient (Wildman–Crippen LogP) is 3.54. The van der Waals surface area contributed by atoms with Crippen LogP contribution in [0.3, 0.4) is 0 Å². The summed E-state index contributed by atoms with van der Waals surface area (Å²) in [4.78, 5) is 15.3. The Morgan fingerprint density at radius 3 is 2.77 bits per heavy atom. The van der Waals surface area contributed by atoms with Gasteiger partial charge >= 0.3 is 5.97 Å². The van der Waals surface area contributed by atoms with Gasteiger partial charge in [0.1, 0.15) is 11.3 Å². The van der Waals surface area contributed by atoms with E-state index < -0.39 is 5.97 Å². The van der Waals surface area contributed by atoms with E-state index in [2.05, 4.69) is 4.98 Å². The Morgan fingerprint density at radius 1 is 1.18 bits per heavy atom. The normalized spacial score (nSPS) is 10.7. The maximum absolute atomic E-state index is 10.9. The molecule has 1 aromatic heterocycles. The molecule has 1 N–H and O–H groups in total. The zero-order chi connectivity index (χ0) is 15.4. The summed E-state index contributed by atoms with van der Waals surface area (Å²) in [6, 6.07) is 14.3. The zero-order valence-corrected chi connectivity index (χ0v) is 11.9. The molecule has 5 heteroatoms. The van der Waals surface area contributed by atoms with Crippen LogP contribution in [0.15, 0.2) is 52.9 Å². The van der Waals surface area contributed by atoms with E-state index in [0.29, 0.717) is 30.0 Å². The number of ether oxygens (including phenoxy) is 1. The van der Waals surface area contributed by atoms with Gasteiger partial charge in [0.25, 0.3) is 0 Å². The van der Waals surface area contributed by atoms with Crippen molar-refractivity contribution >= 4 is 17.1 Å². The van der Waals surface area contributed by atoms with Crippen molar-refractivity contribution < 1.29 is 19.1 Å². The molecule has 2 aromatic carbocycles. The van der Waals surface area contributed by atoms with E-state index in [-0.39, 0.29) is 5.56 Å². The molecule has 0 radical (unpaired) electrons. The number of hydrogen-bond acceptors (Lipinski definition) is 4. The lowest BCUT2D eigenvalue weighted by atomic mass is 10.2. The fourth-order valence-electron chi connectivity index (χ4n) is 2.14. The van der Waals surface area contributed by atoms with Crippen molar-refractivity contribution in [3.63, 3.8) is 0 Å². The highest BCUT2D eigenvalue weighted by atomic mass is 16.5. The van der Waals surface area contributed by atoms with Gasteiger partial charge in [-0.15, -0.1) is 0 Å². The number of fused-ring (bicyclic) bond motifs is 1. The second-order valence-electron chi connectivity index (χ2n) is 4.86. The van der Waals surface area contributed by atoms with Crippen molar-refractivity contribution in [3.05, 3.63) is 60.0 Å². The lowest BCUT2D eigenvalue weighted by molar-refractivity contribution is 0.0697. The van der Waals surface area contributed by atoms with Crippen LogP contribution in [0.5, 0.6) is 5.75 Å². The number of aryl methyl sites for hydroxylation is 1. The monoisotopic (exact) mass is 297 g/mol. The molecule has 0 atom stereocenters. The summed E-state index contributed by atoms with van der Waals surface area (Å²) in [6.07, 6.45) is 1.41. The number of aromatic carboxylic acids is 1. The molecule has 0 fully saturated rings. The van der Waals surface area contributed by atoms with E-state index in [1.807, 2.05) is 30.3 Å². The van der Waals surface area contributed by atoms with Crippen LogP contribution in [0.1, 0.15) is 22.7 Å². The Bertz CT molecular complexity index is 780. The first-order valence-corrected chi connectivity index (χ1v) is 7.03. The minimum absolute atomic E-state index is 0.197. The number of aromatic nitrogens is 1. The first-order valence-electron chi connectivity index (χ1n) is 7.03. The number of oxazole rings is 1. The van der Waals surface area contributed by atoms with Gasteiger partial charge in [0.15, 0.2) is 11.5 Å². The number of nitrogens with zero attached hydrogens (tertiary/aromatic N) is 1. The van der Waals surface area contributed by atoms with E-state index in [4.69, 9.17) is 14.3 Å². The first kappa shape index (κ1) is 14.1. The van der Waals surface area contributed by atoms with Crippen LogP contribution in [-0.2, 0) is 6.42 Å². The van der Waals surface area contributed by atoms with Crippen LogP contribution in [0, 0.1) is 0 Å². The van der Waals surface area contributed by atoms with Crippen molar-refractivity contribution in [3.8, 4) is 5.75 Å². The SMILES string of the molecule is O=C(O)c1ccc2nc(CCCOc3ccccc3)oc2c1. The van der Waals surface area contributed by atoms with Crippen molar-refractivity contribution in [1.82, 2.24) is 4.98 Å². The van der Waals surface area contributed by atoms with Crippen molar-refractivity contribution in [1.29, 1.82) is 0 Å². The lowest BCUT2D eigenvalue weighted by Gasteiger charge is -2.03. The molecule has 22 heavy (non-hydrogen) atoms. The van der Waals surface area contributed by atoms with Gasteiger partial charge in [0.2, 0.25) is 0 Å². The molecule has 0 saturated heterocycles. The van der Waals surface area contributed by atoms with Crippen LogP contribution in [0.4, 0.5) is 0 Å². The summed E-state index contributed by atoms with van der Waals surface area (Å²) in [5.41, 5.74) is 1.37. The fourth-order valence-corrected chi connectivity index (χ4v) is 2.14. The maximum Gasteiger partial charge on any atom is 0.335 e. The highest BCUT2D eigenvalue weighted by Crippen LogP contribution is 2.18. The quantitative estimate of drug-likeness (QED) is 0.704. The molecule has 0 spiro atoms. The topological polar surface area (TPSA) is 72.6 Å². The highest BCUT2D eigenvalue weighted by molar-refractivity contribution is 5.91. The third kappa shape index (κ3) is 3.25. The minimum atomic E-state index is -0.976. The largest absolute Gasteiger partial charge is 0.494 e. The summed E-state index contributed by atoms with van der Waals surface area (Å²) in [5, 5.41) is 8.95. The summed E-state index contributed by atoms with van der Waals surface area (Å²) >= 11 is 0. The second-order valence-corrected chi connectivity index (χ2v) is 4.86. The number of benzene rings is 2. The number of carboxylic acids is 1. The molecule has 112 valence electrons. The average Bonchev–Trinajstić information content (AvgIpc) is 2.94. The average molecular weight is 297 g/mol. The summed E-state index contributed by atoms with van der Waals surface area (Å²) in [7, 11) is 0. The third-order valence-corrected chi connectivity index (χ3v) is 3.23. The molecule has 0 aliphatic rings. The highest BCUT2D eigenvalue weighted by Gasteiger charge is 2.09. The van der Waals surface area contributed by atoms with E-state index in [1.165, 1.54) is 12.1 Å². The van der Waals surface area contributed by atoms with Crippen LogP contribution in [0.2, 0.25) is 0 Å². The number of rotatable bonds is 6. The number of carboxylic acid groups (broad SMARTS) is 1. The first-order chi connectivity index (χ1) is 10.7. The van der Waals surface area contributed by atoms with E-state index in [0.717, 1.165) is 12.2 Å². The van der Waals surface area contributed by atoms with Crippen molar-refractivity contribution in [2.45, 2.75) is 12.8 Å². The second kappa shape index (κ2) is 6.30. The zero-order valence-electron chi connectivity index (χ0n) is 11.9. The van der Waals surface area contributed by atoms with Crippen LogP contribution >= 0.6 is 0 Å². The molecule has 0 saturated carbocycles. The lowest BCUT2D eigenvalue weighted by Crippen LogP contribution is -1.99. The van der Waals surface area contributed by atoms with Crippen LogP contribution < -0.4 is 4.74 Å².